The Morgan fingerprint density at radius 2 is 2.00 bits per heavy atom. The first-order valence-corrected chi connectivity index (χ1v) is 6.46. The van der Waals surface area contributed by atoms with Gasteiger partial charge in [-0.3, -0.25) is 0 Å². The maximum absolute atomic E-state index is 6.20. The van der Waals surface area contributed by atoms with Crippen LogP contribution < -0.4 is 0 Å². The van der Waals surface area contributed by atoms with E-state index < -0.39 is 0 Å². The van der Waals surface area contributed by atoms with Gasteiger partial charge in [0.15, 0.2) is 5.65 Å². The molecule has 0 saturated carbocycles. The van der Waals surface area contributed by atoms with E-state index in [1.165, 1.54) is 0 Å². The average Bonchev–Trinajstić information content (AvgIpc) is 2.72. The molecule has 0 aliphatic carbocycles. The summed E-state index contributed by atoms with van der Waals surface area (Å²) in [7, 11) is 0. The molecule has 84 valence electrons. The van der Waals surface area contributed by atoms with Crippen LogP contribution in [0.5, 0.6) is 0 Å². The Morgan fingerprint density at radius 3 is 2.82 bits per heavy atom. The van der Waals surface area contributed by atoms with E-state index in [1.54, 1.807) is 12.4 Å². The van der Waals surface area contributed by atoms with E-state index in [-0.39, 0.29) is 0 Å². The van der Waals surface area contributed by atoms with Crippen LogP contribution in [0.15, 0.2) is 42.7 Å². The zero-order valence-electron chi connectivity index (χ0n) is 8.64. The number of rotatable bonds is 1. The maximum atomic E-state index is 6.20. The first-order valence-electron chi connectivity index (χ1n) is 5.00. The van der Waals surface area contributed by atoms with Crippen LogP contribution in [0.2, 0.25) is 5.02 Å². The number of halogens is 2. The van der Waals surface area contributed by atoms with Crippen LogP contribution in [-0.4, -0.2) is 14.6 Å². The van der Waals surface area contributed by atoms with Gasteiger partial charge in [-0.2, -0.15) is 5.10 Å². The van der Waals surface area contributed by atoms with Crippen molar-refractivity contribution in [3.05, 3.63) is 51.3 Å². The third-order valence-corrected chi connectivity index (χ3v) is 3.60. The molecule has 5 heteroatoms. The van der Waals surface area contributed by atoms with Gasteiger partial charge in [0.2, 0.25) is 0 Å². The van der Waals surface area contributed by atoms with Crippen LogP contribution in [0.3, 0.4) is 0 Å². The van der Waals surface area contributed by atoms with Crippen LogP contribution in [0.25, 0.3) is 16.9 Å². The molecule has 0 aliphatic heterocycles. The molecule has 2 heterocycles. The second kappa shape index (κ2) is 4.27. The molecule has 3 rings (SSSR count). The van der Waals surface area contributed by atoms with Crippen LogP contribution in [0.4, 0.5) is 0 Å². The molecular weight excluding hydrogens is 349 g/mol. The fourth-order valence-electron chi connectivity index (χ4n) is 1.74. The molecule has 17 heavy (non-hydrogen) atoms. The van der Waals surface area contributed by atoms with Gasteiger partial charge in [0.25, 0.3) is 0 Å². The second-order valence-electron chi connectivity index (χ2n) is 3.54. The highest BCUT2D eigenvalue weighted by atomic mass is 127. The SMILES string of the molecule is Clc1ccccc1-c1ccnc2c(I)cnn12. The summed E-state index contributed by atoms with van der Waals surface area (Å²) >= 11 is 8.42. The number of hydrogen-bond donors (Lipinski definition) is 0. The molecule has 2 aromatic heterocycles. The zero-order valence-corrected chi connectivity index (χ0v) is 11.6. The molecule has 0 saturated heterocycles. The summed E-state index contributed by atoms with van der Waals surface area (Å²) in [6.07, 6.45) is 3.57. The third-order valence-electron chi connectivity index (χ3n) is 2.51. The van der Waals surface area contributed by atoms with Gasteiger partial charge in [-0.1, -0.05) is 29.8 Å². The van der Waals surface area contributed by atoms with Crippen molar-refractivity contribution < 1.29 is 0 Å². The Morgan fingerprint density at radius 1 is 1.18 bits per heavy atom. The first-order chi connectivity index (χ1) is 8.27. The highest BCUT2D eigenvalue weighted by molar-refractivity contribution is 14.1. The highest BCUT2D eigenvalue weighted by Gasteiger charge is 2.10. The molecule has 0 N–H and O–H groups in total. The van der Waals surface area contributed by atoms with Crippen molar-refractivity contribution in [2.75, 3.05) is 0 Å². The Kier molecular flexibility index (Phi) is 2.76. The molecule has 0 radical (unpaired) electrons. The van der Waals surface area contributed by atoms with Gasteiger partial charge in [0.1, 0.15) is 0 Å². The number of fused-ring (bicyclic) bond motifs is 1. The van der Waals surface area contributed by atoms with Crippen LogP contribution in [-0.2, 0) is 0 Å². The monoisotopic (exact) mass is 355 g/mol. The number of benzene rings is 1. The van der Waals surface area contributed by atoms with E-state index >= 15 is 0 Å². The van der Waals surface area contributed by atoms with Crippen molar-refractivity contribution in [1.82, 2.24) is 14.6 Å². The van der Waals surface area contributed by atoms with Gasteiger partial charge in [-0.25, -0.2) is 9.50 Å². The van der Waals surface area contributed by atoms with Crippen molar-refractivity contribution in [3.63, 3.8) is 0 Å². The fourth-order valence-corrected chi connectivity index (χ4v) is 2.46. The minimum absolute atomic E-state index is 0.713. The van der Waals surface area contributed by atoms with Gasteiger partial charge in [-0.15, -0.1) is 0 Å². The van der Waals surface area contributed by atoms with E-state index in [9.17, 15) is 0 Å². The fraction of sp³-hybridized carbons (Fsp3) is 0. The summed E-state index contributed by atoms with van der Waals surface area (Å²) in [4.78, 5) is 4.31. The van der Waals surface area contributed by atoms with E-state index in [0.717, 1.165) is 20.5 Å². The number of hydrogen-bond acceptors (Lipinski definition) is 2. The van der Waals surface area contributed by atoms with Crippen LogP contribution in [0.1, 0.15) is 0 Å². The summed E-state index contributed by atoms with van der Waals surface area (Å²) in [5.41, 5.74) is 2.76. The minimum Gasteiger partial charge on any atom is -0.236 e. The quantitative estimate of drug-likeness (QED) is 0.624. The molecule has 0 bridgehead atoms. The maximum Gasteiger partial charge on any atom is 0.169 e. The Balaban J connectivity index is 2.35. The van der Waals surface area contributed by atoms with Crippen molar-refractivity contribution in [2.24, 2.45) is 0 Å². The lowest BCUT2D eigenvalue weighted by Gasteiger charge is -2.06. The van der Waals surface area contributed by atoms with E-state index in [1.807, 2.05) is 34.8 Å². The summed E-state index contributed by atoms with van der Waals surface area (Å²) in [5.74, 6) is 0. The molecule has 1 aromatic carbocycles. The summed E-state index contributed by atoms with van der Waals surface area (Å²) in [6, 6.07) is 9.64. The zero-order chi connectivity index (χ0) is 11.8. The highest BCUT2D eigenvalue weighted by Crippen LogP contribution is 2.27. The standard InChI is InChI=1S/C12H7ClIN3/c13-9-4-2-1-3-8(9)11-5-6-15-12-10(14)7-16-17(11)12/h1-7H. The van der Waals surface area contributed by atoms with E-state index in [4.69, 9.17) is 11.6 Å². The van der Waals surface area contributed by atoms with Crippen molar-refractivity contribution in [1.29, 1.82) is 0 Å². The largest absolute Gasteiger partial charge is 0.236 e. The molecule has 3 nitrogen and oxygen atoms in total. The van der Waals surface area contributed by atoms with Crippen molar-refractivity contribution in [2.45, 2.75) is 0 Å². The van der Waals surface area contributed by atoms with Gasteiger partial charge in [0, 0.05) is 16.8 Å². The van der Waals surface area contributed by atoms with Gasteiger partial charge < -0.3 is 0 Å². The molecule has 0 amide bonds. The lowest BCUT2D eigenvalue weighted by atomic mass is 10.1. The minimum atomic E-state index is 0.713. The van der Waals surface area contributed by atoms with E-state index in [0.29, 0.717) is 5.02 Å². The number of aromatic nitrogens is 3. The molecular formula is C12H7ClIN3. The first kappa shape index (κ1) is 11.0. The average molecular weight is 356 g/mol. The lowest BCUT2D eigenvalue weighted by molar-refractivity contribution is 0.948. The van der Waals surface area contributed by atoms with Crippen LogP contribution in [0, 0.1) is 3.57 Å². The molecule has 3 aromatic rings. The predicted octanol–water partition coefficient (Wildman–Crippen LogP) is 3.65. The Hall–Kier alpha value is -1.14. The molecule has 0 spiro atoms. The van der Waals surface area contributed by atoms with Gasteiger partial charge in [-0.05, 0) is 34.7 Å². The van der Waals surface area contributed by atoms with Gasteiger partial charge >= 0.3 is 0 Å². The van der Waals surface area contributed by atoms with Crippen molar-refractivity contribution >= 4 is 39.8 Å². The summed E-state index contributed by atoms with van der Waals surface area (Å²) in [5, 5.41) is 5.04. The molecule has 0 fully saturated rings. The Labute approximate surface area is 117 Å². The molecule has 0 atom stereocenters. The second-order valence-corrected chi connectivity index (χ2v) is 5.11. The summed E-state index contributed by atoms with van der Waals surface area (Å²) < 4.78 is 2.83. The van der Waals surface area contributed by atoms with Gasteiger partial charge in [0.05, 0.1) is 15.5 Å². The Bertz CT molecular complexity index is 693. The topological polar surface area (TPSA) is 30.2 Å². The normalized spacial score (nSPS) is 10.9. The van der Waals surface area contributed by atoms with Crippen LogP contribution >= 0.6 is 34.2 Å². The third kappa shape index (κ3) is 1.81. The lowest BCUT2D eigenvalue weighted by Crippen LogP contribution is -1.96. The number of nitrogens with zero attached hydrogens (tertiary/aromatic N) is 3. The summed E-state index contributed by atoms with van der Waals surface area (Å²) in [6.45, 7) is 0. The molecule has 0 aliphatic rings. The smallest absolute Gasteiger partial charge is 0.169 e. The van der Waals surface area contributed by atoms with Crippen molar-refractivity contribution in [3.8, 4) is 11.3 Å². The predicted molar refractivity (Wildman–Crippen MR) is 76.2 cm³/mol. The van der Waals surface area contributed by atoms with E-state index in [2.05, 4.69) is 32.7 Å². The molecule has 0 unspecified atom stereocenters.